The second-order valence-electron chi connectivity index (χ2n) is 4.23. The Labute approximate surface area is 125 Å². The molecule has 1 aromatic carbocycles. The molecule has 8 heteroatoms. The second-order valence-corrected chi connectivity index (χ2v) is 5.55. The van der Waals surface area contributed by atoms with Crippen LogP contribution in [0.4, 0.5) is 0 Å². The van der Waals surface area contributed by atoms with Gasteiger partial charge in [-0.25, -0.2) is 9.78 Å². The van der Waals surface area contributed by atoms with Gasteiger partial charge < -0.3 is 4.98 Å². The van der Waals surface area contributed by atoms with E-state index in [9.17, 15) is 9.59 Å². The summed E-state index contributed by atoms with van der Waals surface area (Å²) in [5.41, 5.74) is 0.157. The van der Waals surface area contributed by atoms with E-state index in [2.05, 4.69) is 30.9 Å². The van der Waals surface area contributed by atoms with E-state index in [-0.39, 0.29) is 11.2 Å². The fraction of sp³-hybridized carbons (Fsp3) is 0.0833. The zero-order chi connectivity index (χ0) is 14.4. The average molecular weight is 356 g/mol. The molecule has 0 bridgehead atoms. The van der Waals surface area contributed by atoms with Crippen molar-refractivity contribution in [2.45, 2.75) is 0 Å². The summed E-state index contributed by atoms with van der Waals surface area (Å²) in [5, 5.41) is 0.486. The first-order valence-corrected chi connectivity index (χ1v) is 6.79. The number of benzene rings is 1. The van der Waals surface area contributed by atoms with Crippen LogP contribution in [0, 0.1) is 0 Å². The summed E-state index contributed by atoms with van der Waals surface area (Å²) in [5.74, 6) is 0.434. The van der Waals surface area contributed by atoms with Crippen LogP contribution in [-0.2, 0) is 7.05 Å². The number of rotatable bonds is 1. The number of H-pyrrole nitrogens is 2. The molecule has 0 aliphatic heterocycles. The van der Waals surface area contributed by atoms with Gasteiger partial charge in [0.2, 0.25) is 0 Å². The third-order valence-electron chi connectivity index (χ3n) is 2.94. The highest BCUT2D eigenvalue weighted by atomic mass is 79.9. The lowest BCUT2D eigenvalue weighted by Crippen LogP contribution is -2.28. The van der Waals surface area contributed by atoms with Crippen LogP contribution < -0.4 is 11.2 Å². The Kier molecular flexibility index (Phi) is 3.02. The van der Waals surface area contributed by atoms with Crippen LogP contribution in [0.3, 0.4) is 0 Å². The monoisotopic (exact) mass is 354 g/mol. The standard InChI is InChI=1S/C12H8BrClN4O2/c1-18-10-8(11(19)17-12(18)20)15-9(16-10)6-3-2-5(13)4-7(6)14/h2-4H,1H3,(H,15,16)(H,17,19,20). The van der Waals surface area contributed by atoms with Crippen molar-refractivity contribution in [2.75, 3.05) is 0 Å². The van der Waals surface area contributed by atoms with Crippen molar-refractivity contribution in [1.29, 1.82) is 0 Å². The van der Waals surface area contributed by atoms with Crippen molar-refractivity contribution in [3.63, 3.8) is 0 Å². The predicted octanol–water partition coefficient (Wildman–Crippen LogP) is 2.03. The predicted molar refractivity (Wildman–Crippen MR) is 80.1 cm³/mol. The molecule has 0 atom stereocenters. The number of nitrogens with zero attached hydrogens (tertiary/aromatic N) is 2. The number of hydrogen-bond acceptors (Lipinski definition) is 3. The number of fused-ring (bicyclic) bond motifs is 1. The van der Waals surface area contributed by atoms with Crippen LogP contribution in [-0.4, -0.2) is 19.5 Å². The summed E-state index contributed by atoms with van der Waals surface area (Å²) in [6, 6.07) is 5.32. The maximum absolute atomic E-state index is 11.8. The van der Waals surface area contributed by atoms with E-state index < -0.39 is 11.2 Å². The number of hydrogen-bond donors (Lipinski definition) is 2. The highest BCUT2D eigenvalue weighted by Gasteiger charge is 2.13. The molecule has 20 heavy (non-hydrogen) atoms. The van der Waals surface area contributed by atoms with Crippen molar-refractivity contribution in [3.8, 4) is 11.4 Å². The van der Waals surface area contributed by atoms with Gasteiger partial charge in [0.15, 0.2) is 5.65 Å². The third-order valence-corrected chi connectivity index (χ3v) is 3.75. The molecular weight excluding hydrogens is 348 g/mol. The van der Waals surface area contributed by atoms with Crippen molar-refractivity contribution in [2.24, 2.45) is 7.05 Å². The van der Waals surface area contributed by atoms with Crippen LogP contribution >= 0.6 is 27.5 Å². The fourth-order valence-corrected chi connectivity index (χ4v) is 2.68. The third kappa shape index (κ3) is 1.99. The molecule has 0 spiro atoms. The molecule has 0 aliphatic carbocycles. The van der Waals surface area contributed by atoms with Crippen molar-refractivity contribution < 1.29 is 0 Å². The van der Waals surface area contributed by atoms with Gasteiger partial charge in [0.05, 0.1) is 5.02 Å². The van der Waals surface area contributed by atoms with Gasteiger partial charge in [0.1, 0.15) is 11.3 Å². The molecule has 2 aromatic heterocycles. The highest BCUT2D eigenvalue weighted by molar-refractivity contribution is 9.10. The first kappa shape index (κ1) is 13.1. The van der Waals surface area contributed by atoms with Gasteiger partial charge >= 0.3 is 5.69 Å². The Balaban J connectivity index is 2.34. The smallest absolute Gasteiger partial charge is 0.329 e. The Bertz CT molecular complexity index is 941. The number of aromatic nitrogens is 4. The first-order valence-electron chi connectivity index (χ1n) is 5.62. The van der Waals surface area contributed by atoms with Crippen molar-refractivity contribution in [3.05, 3.63) is 48.5 Å². The molecule has 3 rings (SSSR count). The van der Waals surface area contributed by atoms with E-state index >= 15 is 0 Å². The summed E-state index contributed by atoms with van der Waals surface area (Å²) in [6.07, 6.45) is 0. The van der Waals surface area contributed by atoms with Crippen LogP contribution in [0.1, 0.15) is 0 Å². The van der Waals surface area contributed by atoms with Crippen LogP contribution in [0.15, 0.2) is 32.3 Å². The quantitative estimate of drug-likeness (QED) is 0.700. The molecule has 2 N–H and O–H groups in total. The molecular formula is C12H8BrClN4O2. The van der Waals surface area contributed by atoms with E-state index in [1.54, 1.807) is 12.1 Å². The lowest BCUT2D eigenvalue weighted by Gasteiger charge is -2.00. The summed E-state index contributed by atoms with van der Waals surface area (Å²) >= 11 is 9.48. The topological polar surface area (TPSA) is 83.5 Å². The number of aromatic amines is 2. The minimum absolute atomic E-state index is 0.237. The second kappa shape index (κ2) is 4.60. The molecule has 102 valence electrons. The van der Waals surface area contributed by atoms with Crippen LogP contribution in [0.5, 0.6) is 0 Å². The van der Waals surface area contributed by atoms with E-state index in [4.69, 9.17) is 11.6 Å². The first-order chi connectivity index (χ1) is 9.47. The van der Waals surface area contributed by atoms with Gasteiger partial charge in [-0.15, -0.1) is 0 Å². The summed E-state index contributed by atoms with van der Waals surface area (Å²) in [4.78, 5) is 32.7. The lowest BCUT2D eigenvalue weighted by atomic mass is 10.2. The van der Waals surface area contributed by atoms with Crippen molar-refractivity contribution >= 4 is 38.7 Å². The van der Waals surface area contributed by atoms with Gasteiger partial charge in [0.25, 0.3) is 5.56 Å². The molecule has 2 heterocycles. The molecule has 0 aliphatic rings. The van der Waals surface area contributed by atoms with E-state index in [1.165, 1.54) is 11.6 Å². The fourth-order valence-electron chi connectivity index (χ4n) is 1.91. The largest absolute Gasteiger partial charge is 0.332 e. The highest BCUT2D eigenvalue weighted by Crippen LogP contribution is 2.29. The van der Waals surface area contributed by atoms with Gasteiger partial charge in [-0.05, 0) is 18.2 Å². The Hall–Kier alpha value is -1.86. The Morgan fingerprint density at radius 1 is 1.30 bits per heavy atom. The number of nitrogens with one attached hydrogen (secondary N) is 2. The number of imidazole rings is 1. The van der Waals surface area contributed by atoms with E-state index in [0.29, 0.717) is 16.4 Å². The zero-order valence-electron chi connectivity index (χ0n) is 10.2. The average Bonchev–Trinajstić information content (AvgIpc) is 2.81. The van der Waals surface area contributed by atoms with Gasteiger partial charge in [-0.1, -0.05) is 27.5 Å². The summed E-state index contributed by atoms with van der Waals surface area (Å²) < 4.78 is 2.11. The van der Waals surface area contributed by atoms with Gasteiger partial charge in [-0.3, -0.25) is 14.3 Å². The minimum Gasteiger partial charge on any atom is -0.332 e. The molecule has 0 saturated carbocycles. The summed E-state index contributed by atoms with van der Waals surface area (Å²) in [6.45, 7) is 0. The maximum Gasteiger partial charge on any atom is 0.329 e. The molecule has 0 radical (unpaired) electrons. The minimum atomic E-state index is -0.512. The molecule has 0 amide bonds. The van der Waals surface area contributed by atoms with Crippen LogP contribution in [0.25, 0.3) is 22.6 Å². The van der Waals surface area contributed by atoms with Gasteiger partial charge in [-0.2, -0.15) is 0 Å². The molecule has 3 aromatic rings. The van der Waals surface area contributed by atoms with Gasteiger partial charge in [0, 0.05) is 17.1 Å². The summed E-state index contributed by atoms with van der Waals surface area (Å²) in [7, 11) is 1.54. The number of halogens is 2. The Morgan fingerprint density at radius 2 is 2.05 bits per heavy atom. The normalized spacial score (nSPS) is 11.2. The molecule has 0 saturated heterocycles. The SMILES string of the molecule is Cn1c(=O)[nH]c(=O)c2[nH]c(-c3ccc(Br)cc3Cl)nc21. The molecule has 6 nitrogen and oxygen atoms in total. The Morgan fingerprint density at radius 3 is 2.75 bits per heavy atom. The van der Waals surface area contributed by atoms with Crippen molar-refractivity contribution in [1.82, 2.24) is 19.5 Å². The maximum atomic E-state index is 11.8. The van der Waals surface area contributed by atoms with Crippen LogP contribution in [0.2, 0.25) is 5.02 Å². The lowest BCUT2D eigenvalue weighted by molar-refractivity contribution is 0.832. The zero-order valence-corrected chi connectivity index (χ0v) is 12.5. The van der Waals surface area contributed by atoms with E-state index in [0.717, 1.165) is 4.47 Å². The molecule has 0 fully saturated rings. The molecule has 0 unspecified atom stereocenters. The van der Waals surface area contributed by atoms with E-state index in [1.807, 2.05) is 6.07 Å². The number of aryl methyl sites for hydroxylation is 1.